The quantitative estimate of drug-likeness (QED) is 0.885. The van der Waals surface area contributed by atoms with E-state index >= 15 is 0 Å². The Morgan fingerprint density at radius 3 is 2.63 bits per heavy atom. The first-order chi connectivity index (χ1) is 9.24. The van der Waals surface area contributed by atoms with Crippen LogP contribution < -0.4 is 10.1 Å². The normalized spacial score (nSPS) is 12.2. The van der Waals surface area contributed by atoms with Crippen LogP contribution in [0.15, 0.2) is 58.3 Å². The summed E-state index contributed by atoms with van der Waals surface area (Å²) < 4.78 is 5.27. The van der Waals surface area contributed by atoms with Crippen molar-refractivity contribution >= 4 is 11.8 Å². The van der Waals surface area contributed by atoms with Crippen molar-refractivity contribution < 1.29 is 4.74 Å². The zero-order valence-electron chi connectivity index (χ0n) is 11.5. The molecule has 0 saturated heterocycles. The lowest BCUT2D eigenvalue weighted by molar-refractivity contribution is 0.413. The van der Waals surface area contributed by atoms with Crippen molar-refractivity contribution in [3.8, 4) is 5.75 Å². The van der Waals surface area contributed by atoms with Gasteiger partial charge in [0.05, 0.1) is 7.11 Å². The van der Waals surface area contributed by atoms with Gasteiger partial charge in [-0.05, 0) is 43.8 Å². The Bertz CT molecular complexity index is 542. The van der Waals surface area contributed by atoms with E-state index in [1.54, 1.807) is 18.9 Å². The summed E-state index contributed by atoms with van der Waals surface area (Å²) in [6.45, 7) is 2.17. The second-order valence-electron chi connectivity index (χ2n) is 4.33. The maximum Gasteiger partial charge on any atom is 0.119 e. The largest absolute Gasteiger partial charge is 0.497 e. The van der Waals surface area contributed by atoms with Gasteiger partial charge >= 0.3 is 0 Å². The molecule has 19 heavy (non-hydrogen) atoms. The first-order valence-electron chi connectivity index (χ1n) is 6.32. The van der Waals surface area contributed by atoms with Crippen molar-refractivity contribution in [2.24, 2.45) is 0 Å². The zero-order valence-corrected chi connectivity index (χ0v) is 12.3. The molecule has 0 aliphatic carbocycles. The highest BCUT2D eigenvalue weighted by Gasteiger charge is 2.09. The zero-order chi connectivity index (χ0) is 13.7. The summed E-state index contributed by atoms with van der Waals surface area (Å²) >= 11 is 1.77. The topological polar surface area (TPSA) is 21.3 Å². The van der Waals surface area contributed by atoms with Gasteiger partial charge in [-0.3, -0.25) is 0 Å². The predicted molar refractivity (Wildman–Crippen MR) is 81.0 cm³/mol. The molecule has 2 aromatic carbocycles. The molecule has 0 radical (unpaired) electrons. The molecule has 3 heteroatoms. The monoisotopic (exact) mass is 273 g/mol. The number of hydrogen-bond donors (Lipinski definition) is 1. The van der Waals surface area contributed by atoms with Gasteiger partial charge in [-0.25, -0.2) is 0 Å². The summed E-state index contributed by atoms with van der Waals surface area (Å²) in [4.78, 5) is 2.47. The molecule has 0 heterocycles. The van der Waals surface area contributed by atoms with E-state index in [2.05, 4.69) is 48.6 Å². The number of rotatable bonds is 5. The SMILES string of the molecule is CNC(C)c1ccccc1Sc1cccc(OC)c1. The van der Waals surface area contributed by atoms with Crippen LogP contribution in [0.2, 0.25) is 0 Å². The maximum absolute atomic E-state index is 5.27. The van der Waals surface area contributed by atoms with Gasteiger partial charge in [0.25, 0.3) is 0 Å². The van der Waals surface area contributed by atoms with E-state index < -0.39 is 0 Å². The second kappa shape index (κ2) is 6.64. The molecule has 2 nitrogen and oxygen atoms in total. The van der Waals surface area contributed by atoms with Crippen LogP contribution in [-0.4, -0.2) is 14.2 Å². The van der Waals surface area contributed by atoms with E-state index in [1.807, 2.05) is 19.2 Å². The van der Waals surface area contributed by atoms with Gasteiger partial charge in [0.2, 0.25) is 0 Å². The molecule has 0 amide bonds. The third-order valence-corrected chi connectivity index (χ3v) is 4.17. The fourth-order valence-corrected chi connectivity index (χ4v) is 2.96. The predicted octanol–water partition coefficient (Wildman–Crippen LogP) is 4.13. The summed E-state index contributed by atoms with van der Waals surface area (Å²) in [6.07, 6.45) is 0. The van der Waals surface area contributed by atoms with E-state index in [0.29, 0.717) is 6.04 Å². The van der Waals surface area contributed by atoms with E-state index in [1.165, 1.54) is 15.4 Å². The third kappa shape index (κ3) is 3.52. The lowest BCUT2D eigenvalue weighted by atomic mass is 10.1. The first kappa shape index (κ1) is 14.0. The van der Waals surface area contributed by atoms with Crippen molar-refractivity contribution in [3.05, 3.63) is 54.1 Å². The lowest BCUT2D eigenvalue weighted by Crippen LogP contribution is -2.12. The van der Waals surface area contributed by atoms with Gasteiger partial charge in [-0.15, -0.1) is 0 Å². The Morgan fingerprint density at radius 1 is 1.11 bits per heavy atom. The molecule has 2 rings (SSSR count). The summed E-state index contributed by atoms with van der Waals surface area (Å²) in [6, 6.07) is 17.0. The van der Waals surface area contributed by atoms with Crippen LogP contribution in [-0.2, 0) is 0 Å². The minimum Gasteiger partial charge on any atom is -0.497 e. The fourth-order valence-electron chi connectivity index (χ4n) is 1.88. The summed E-state index contributed by atoms with van der Waals surface area (Å²) in [7, 11) is 3.68. The van der Waals surface area contributed by atoms with Gasteiger partial charge in [0.1, 0.15) is 5.75 Å². The molecule has 0 bridgehead atoms. The molecule has 100 valence electrons. The molecule has 1 N–H and O–H groups in total. The van der Waals surface area contributed by atoms with Crippen LogP contribution in [0.3, 0.4) is 0 Å². The summed E-state index contributed by atoms with van der Waals surface area (Å²) in [5, 5.41) is 3.29. The molecule has 0 saturated carbocycles. The number of ether oxygens (including phenoxy) is 1. The van der Waals surface area contributed by atoms with Crippen LogP contribution in [0.4, 0.5) is 0 Å². The average molecular weight is 273 g/mol. The van der Waals surface area contributed by atoms with E-state index in [9.17, 15) is 0 Å². The number of nitrogens with one attached hydrogen (secondary N) is 1. The van der Waals surface area contributed by atoms with Gasteiger partial charge < -0.3 is 10.1 Å². The molecule has 0 spiro atoms. The van der Waals surface area contributed by atoms with E-state index in [4.69, 9.17) is 4.74 Å². The highest BCUT2D eigenvalue weighted by Crippen LogP contribution is 2.34. The molecular weight excluding hydrogens is 254 g/mol. The van der Waals surface area contributed by atoms with Crippen LogP contribution >= 0.6 is 11.8 Å². The molecule has 0 aliphatic heterocycles. The Balaban J connectivity index is 2.27. The van der Waals surface area contributed by atoms with Gasteiger partial charge in [-0.2, -0.15) is 0 Å². The molecule has 0 aliphatic rings. The van der Waals surface area contributed by atoms with Crippen LogP contribution in [0.25, 0.3) is 0 Å². The van der Waals surface area contributed by atoms with Crippen molar-refractivity contribution in [2.75, 3.05) is 14.2 Å². The van der Waals surface area contributed by atoms with Crippen LogP contribution in [0.1, 0.15) is 18.5 Å². The standard InChI is InChI=1S/C16H19NOS/c1-12(17-2)15-9-4-5-10-16(15)19-14-8-6-7-13(11-14)18-3/h4-12,17H,1-3H3. The Labute approximate surface area is 119 Å². The third-order valence-electron chi connectivity index (χ3n) is 3.09. The maximum atomic E-state index is 5.27. The number of hydrogen-bond acceptors (Lipinski definition) is 3. The fraction of sp³-hybridized carbons (Fsp3) is 0.250. The Hall–Kier alpha value is -1.45. The van der Waals surface area contributed by atoms with Crippen molar-refractivity contribution in [2.45, 2.75) is 22.8 Å². The first-order valence-corrected chi connectivity index (χ1v) is 7.14. The molecule has 0 fully saturated rings. The van der Waals surface area contributed by atoms with Crippen LogP contribution in [0.5, 0.6) is 5.75 Å². The summed E-state index contributed by atoms with van der Waals surface area (Å²) in [5.41, 5.74) is 1.32. The van der Waals surface area contributed by atoms with Gasteiger partial charge in [0, 0.05) is 15.8 Å². The van der Waals surface area contributed by atoms with Crippen molar-refractivity contribution in [1.29, 1.82) is 0 Å². The number of methoxy groups -OCH3 is 1. The number of benzene rings is 2. The van der Waals surface area contributed by atoms with Crippen LogP contribution in [0, 0.1) is 0 Å². The molecule has 1 atom stereocenters. The van der Waals surface area contributed by atoms with Crippen molar-refractivity contribution in [1.82, 2.24) is 5.32 Å². The molecule has 0 aromatic heterocycles. The second-order valence-corrected chi connectivity index (χ2v) is 5.44. The Kier molecular flexibility index (Phi) is 4.88. The average Bonchev–Trinajstić information content (AvgIpc) is 2.47. The highest BCUT2D eigenvalue weighted by molar-refractivity contribution is 7.99. The summed E-state index contributed by atoms with van der Waals surface area (Å²) in [5.74, 6) is 0.893. The van der Waals surface area contributed by atoms with E-state index in [-0.39, 0.29) is 0 Å². The van der Waals surface area contributed by atoms with Gasteiger partial charge in [-0.1, -0.05) is 36.0 Å². The van der Waals surface area contributed by atoms with Crippen molar-refractivity contribution in [3.63, 3.8) is 0 Å². The molecular formula is C16H19NOS. The van der Waals surface area contributed by atoms with E-state index in [0.717, 1.165) is 5.75 Å². The Morgan fingerprint density at radius 2 is 1.89 bits per heavy atom. The minimum atomic E-state index is 0.342. The highest BCUT2D eigenvalue weighted by atomic mass is 32.2. The lowest BCUT2D eigenvalue weighted by Gasteiger charge is -2.15. The molecule has 1 unspecified atom stereocenters. The smallest absolute Gasteiger partial charge is 0.119 e. The molecule has 2 aromatic rings. The minimum absolute atomic E-state index is 0.342. The van der Waals surface area contributed by atoms with Gasteiger partial charge in [0.15, 0.2) is 0 Å².